The summed E-state index contributed by atoms with van der Waals surface area (Å²) < 4.78 is 16.9. The fraction of sp³-hybridized carbons (Fsp3) is 0.625. The van der Waals surface area contributed by atoms with Crippen molar-refractivity contribution in [3.05, 3.63) is 23.8 Å². The summed E-state index contributed by atoms with van der Waals surface area (Å²) in [6.07, 6.45) is 0.884. The summed E-state index contributed by atoms with van der Waals surface area (Å²) in [5.74, 6) is 1.67. The van der Waals surface area contributed by atoms with Crippen molar-refractivity contribution < 1.29 is 14.2 Å². The molecule has 0 saturated carbocycles. The van der Waals surface area contributed by atoms with Crippen LogP contribution in [0.15, 0.2) is 18.2 Å². The van der Waals surface area contributed by atoms with E-state index >= 15 is 0 Å². The highest BCUT2D eigenvalue weighted by atomic mass is 16.5. The third-order valence-corrected chi connectivity index (χ3v) is 2.81. The van der Waals surface area contributed by atoms with E-state index in [1.54, 1.807) is 0 Å². The van der Waals surface area contributed by atoms with Gasteiger partial charge in [0.1, 0.15) is 0 Å². The predicted molar refractivity (Wildman–Crippen MR) is 81.6 cm³/mol. The third kappa shape index (κ3) is 5.80. The van der Waals surface area contributed by atoms with E-state index in [0.29, 0.717) is 13.2 Å². The summed E-state index contributed by atoms with van der Waals surface area (Å²) in [7, 11) is 0. The molecule has 4 heteroatoms. The fourth-order valence-corrected chi connectivity index (χ4v) is 1.87. The Hall–Kier alpha value is -1.26. The van der Waals surface area contributed by atoms with Crippen molar-refractivity contribution in [2.24, 2.45) is 0 Å². The molecule has 1 aromatic carbocycles. The van der Waals surface area contributed by atoms with Gasteiger partial charge in [0.2, 0.25) is 0 Å². The van der Waals surface area contributed by atoms with E-state index in [0.717, 1.165) is 49.8 Å². The molecule has 0 saturated heterocycles. The van der Waals surface area contributed by atoms with Gasteiger partial charge >= 0.3 is 0 Å². The fourth-order valence-electron chi connectivity index (χ4n) is 1.87. The summed E-state index contributed by atoms with van der Waals surface area (Å²) >= 11 is 0. The number of hydrogen-bond acceptors (Lipinski definition) is 4. The minimum atomic E-state index is 0.639. The molecule has 0 bridgehead atoms. The van der Waals surface area contributed by atoms with Crippen molar-refractivity contribution in [3.63, 3.8) is 0 Å². The normalized spacial score (nSPS) is 10.6. The van der Waals surface area contributed by atoms with E-state index in [-0.39, 0.29) is 0 Å². The minimum Gasteiger partial charge on any atom is -0.490 e. The first-order chi connectivity index (χ1) is 9.83. The Bertz CT molecular complexity index is 369. The number of para-hydroxylation sites is 1. The van der Waals surface area contributed by atoms with Crippen LogP contribution in [0.3, 0.4) is 0 Å². The molecule has 0 amide bonds. The molecule has 0 aliphatic heterocycles. The van der Waals surface area contributed by atoms with Crippen molar-refractivity contribution in [1.29, 1.82) is 0 Å². The lowest BCUT2D eigenvalue weighted by Crippen LogP contribution is -2.14. The van der Waals surface area contributed by atoms with Gasteiger partial charge in [-0.25, -0.2) is 0 Å². The average molecular weight is 281 g/mol. The number of benzene rings is 1. The largest absolute Gasteiger partial charge is 0.490 e. The zero-order chi connectivity index (χ0) is 14.6. The molecular formula is C16H27NO3. The summed E-state index contributed by atoms with van der Waals surface area (Å²) in [4.78, 5) is 0. The van der Waals surface area contributed by atoms with Gasteiger partial charge in [0, 0.05) is 31.7 Å². The molecule has 0 heterocycles. The quantitative estimate of drug-likeness (QED) is 0.633. The van der Waals surface area contributed by atoms with Gasteiger partial charge in [-0.15, -0.1) is 0 Å². The molecular weight excluding hydrogens is 254 g/mol. The molecule has 1 aromatic rings. The molecule has 4 nitrogen and oxygen atoms in total. The van der Waals surface area contributed by atoms with E-state index in [2.05, 4.69) is 18.3 Å². The van der Waals surface area contributed by atoms with Gasteiger partial charge in [0.05, 0.1) is 13.2 Å². The van der Waals surface area contributed by atoms with Gasteiger partial charge in [-0.05, 0) is 26.5 Å². The zero-order valence-electron chi connectivity index (χ0n) is 12.9. The second-order valence-corrected chi connectivity index (χ2v) is 4.36. The molecule has 0 atom stereocenters. The molecule has 0 spiro atoms. The lowest BCUT2D eigenvalue weighted by molar-refractivity contribution is 0.129. The van der Waals surface area contributed by atoms with E-state index in [4.69, 9.17) is 14.2 Å². The van der Waals surface area contributed by atoms with Crippen LogP contribution in [-0.2, 0) is 11.3 Å². The van der Waals surface area contributed by atoms with Gasteiger partial charge in [-0.1, -0.05) is 19.1 Å². The Labute approximate surface area is 122 Å². The van der Waals surface area contributed by atoms with Crippen molar-refractivity contribution in [1.82, 2.24) is 5.32 Å². The summed E-state index contributed by atoms with van der Waals surface area (Å²) in [6.45, 7) is 10.6. The molecule has 20 heavy (non-hydrogen) atoms. The second-order valence-electron chi connectivity index (χ2n) is 4.36. The third-order valence-electron chi connectivity index (χ3n) is 2.81. The zero-order valence-corrected chi connectivity index (χ0v) is 12.9. The molecule has 1 N–H and O–H groups in total. The Morgan fingerprint density at radius 2 is 1.85 bits per heavy atom. The smallest absolute Gasteiger partial charge is 0.165 e. The van der Waals surface area contributed by atoms with Gasteiger partial charge < -0.3 is 19.5 Å². The van der Waals surface area contributed by atoms with Crippen LogP contribution in [0, 0.1) is 0 Å². The average Bonchev–Trinajstić information content (AvgIpc) is 2.47. The molecule has 0 unspecified atom stereocenters. The van der Waals surface area contributed by atoms with Crippen molar-refractivity contribution in [3.8, 4) is 11.5 Å². The highest BCUT2D eigenvalue weighted by Crippen LogP contribution is 2.31. The predicted octanol–water partition coefficient (Wildman–Crippen LogP) is 3.00. The van der Waals surface area contributed by atoms with Crippen LogP contribution >= 0.6 is 0 Å². The van der Waals surface area contributed by atoms with Crippen molar-refractivity contribution in [2.75, 3.05) is 33.0 Å². The second kappa shape index (κ2) is 10.5. The van der Waals surface area contributed by atoms with Gasteiger partial charge in [0.15, 0.2) is 11.5 Å². The monoisotopic (exact) mass is 281 g/mol. The van der Waals surface area contributed by atoms with Gasteiger partial charge in [0.25, 0.3) is 0 Å². The van der Waals surface area contributed by atoms with E-state index in [1.807, 2.05) is 26.0 Å². The molecule has 0 aliphatic rings. The first-order valence-electron chi connectivity index (χ1n) is 7.49. The number of rotatable bonds is 11. The van der Waals surface area contributed by atoms with Crippen molar-refractivity contribution in [2.45, 2.75) is 33.7 Å². The first kappa shape index (κ1) is 16.8. The Kier molecular flexibility index (Phi) is 8.83. The van der Waals surface area contributed by atoms with Crippen LogP contribution < -0.4 is 14.8 Å². The van der Waals surface area contributed by atoms with Crippen LogP contribution in [0.4, 0.5) is 0 Å². The lowest BCUT2D eigenvalue weighted by Gasteiger charge is -2.16. The van der Waals surface area contributed by atoms with Crippen LogP contribution in [0.1, 0.15) is 32.8 Å². The van der Waals surface area contributed by atoms with Crippen LogP contribution in [0.25, 0.3) is 0 Å². The van der Waals surface area contributed by atoms with Crippen molar-refractivity contribution >= 4 is 0 Å². The molecule has 1 rings (SSSR count). The topological polar surface area (TPSA) is 39.7 Å². The summed E-state index contributed by atoms with van der Waals surface area (Å²) in [5.41, 5.74) is 1.13. The Balaban J connectivity index is 2.66. The first-order valence-corrected chi connectivity index (χ1v) is 7.49. The lowest BCUT2D eigenvalue weighted by atomic mass is 10.2. The van der Waals surface area contributed by atoms with E-state index in [9.17, 15) is 0 Å². The molecule has 0 fully saturated rings. The summed E-state index contributed by atoms with van der Waals surface area (Å²) in [6, 6.07) is 6.03. The maximum atomic E-state index is 5.92. The number of hydrogen-bond donors (Lipinski definition) is 1. The van der Waals surface area contributed by atoms with E-state index < -0.39 is 0 Å². The molecule has 0 aliphatic carbocycles. The van der Waals surface area contributed by atoms with Crippen LogP contribution in [0.2, 0.25) is 0 Å². The van der Waals surface area contributed by atoms with E-state index in [1.165, 1.54) is 0 Å². The molecule has 0 aromatic heterocycles. The minimum absolute atomic E-state index is 0.639. The molecule has 0 radical (unpaired) electrons. The highest BCUT2D eigenvalue weighted by molar-refractivity contribution is 5.46. The van der Waals surface area contributed by atoms with Crippen LogP contribution in [0.5, 0.6) is 11.5 Å². The number of nitrogens with one attached hydrogen (secondary N) is 1. The Morgan fingerprint density at radius 3 is 2.55 bits per heavy atom. The highest BCUT2D eigenvalue weighted by Gasteiger charge is 2.10. The maximum Gasteiger partial charge on any atom is 0.165 e. The maximum absolute atomic E-state index is 5.92. The van der Waals surface area contributed by atoms with Crippen LogP contribution in [-0.4, -0.2) is 33.0 Å². The number of ether oxygens (including phenoxy) is 3. The molecule has 114 valence electrons. The SMILES string of the molecule is CCNCc1cccc(OCC)c1OCCCOCC. The van der Waals surface area contributed by atoms with Gasteiger partial charge in [-0.3, -0.25) is 0 Å². The van der Waals surface area contributed by atoms with Gasteiger partial charge in [-0.2, -0.15) is 0 Å². The standard InChI is InChI=1S/C16H27NO3/c1-4-17-13-14-9-7-10-15(19-6-3)16(14)20-12-8-11-18-5-2/h7,9-10,17H,4-6,8,11-13H2,1-3H3. The Morgan fingerprint density at radius 1 is 1.00 bits per heavy atom. The summed E-state index contributed by atoms with van der Waals surface area (Å²) in [5, 5.41) is 3.32.